The fraction of sp³-hybridized carbons (Fsp3) is 0.571. The Morgan fingerprint density at radius 2 is 1.77 bits per heavy atom. The predicted octanol–water partition coefficient (Wildman–Crippen LogP) is -0.755. The van der Waals surface area contributed by atoms with Gasteiger partial charge in [-0.3, -0.25) is 0 Å². The molecule has 0 aliphatic rings. The Morgan fingerprint density at radius 1 is 1.23 bits per heavy atom. The van der Waals surface area contributed by atoms with Gasteiger partial charge in [-0.2, -0.15) is 0 Å². The molecule has 0 saturated carbocycles. The van der Waals surface area contributed by atoms with Crippen molar-refractivity contribution in [3.63, 3.8) is 0 Å². The van der Waals surface area contributed by atoms with Crippen LogP contribution in [0.5, 0.6) is 0 Å². The van der Waals surface area contributed by atoms with E-state index in [-0.39, 0.29) is 0 Å². The van der Waals surface area contributed by atoms with Crippen LogP contribution in [0.3, 0.4) is 0 Å². The third kappa shape index (κ3) is 1.77. The van der Waals surface area contributed by atoms with E-state index in [0.29, 0.717) is 0 Å². The Morgan fingerprint density at radius 3 is 2.15 bits per heavy atom. The molecule has 1 rings (SSSR count). The van der Waals surface area contributed by atoms with Crippen LogP contribution in [-0.4, -0.2) is 9.55 Å². The highest BCUT2D eigenvalue weighted by molar-refractivity contribution is 4.76. The van der Waals surface area contributed by atoms with Gasteiger partial charge in [-0.25, -0.2) is 23.9 Å². The molecule has 72 valence electrons. The van der Waals surface area contributed by atoms with Crippen LogP contribution in [0, 0.1) is 0 Å². The molecule has 0 spiro atoms. The Hall–Kier alpha value is -1.59. The zero-order valence-electron chi connectivity index (χ0n) is 7.58. The molecule has 1 aromatic heterocycles. The molecule has 0 radical (unpaired) electrons. The second kappa shape index (κ2) is 2.72. The van der Waals surface area contributed by atoms with Crippen LogP contribution in [0.4, 0.5) is 0 Å². The van der Waals surface area contributed by atoms with Crippen LogP contribution in [-0.2, 0) is 5.54 Å². The van der Waals surface area contributed by atoms with Crippen molar-refractivity contribution in [1.29, 1.82) is 0 Å². The molecule has 0 atom stereocenters. The number of aromatic nitrogens is 2. The second-order valence-corrected chi connectivity index (χ2v) is 3.59. The van der Waals surface area contributed by atoms with E-state index in [1.54, 1.807) is 20.8 Å². The zero-order valence-corrected chi connectivity index (χ0v) is 7.58. The van der Waals surface area contributed by atoms with Crippen molar-refractivity contribution >= 4 is 0 Å². The summed E-state index contributed by atoms with van der Waals surface area (Å²) in [5.74, 6) is -1.98. The number of hydrogen-bond donors (Lipinski definition) is 1. The first kappa shape index (κ1) is 9.50. The summed E-state index contributed by atoms with van der Waals surface area (Å²) in [7, 11) is 0. The molecule has 13 heavy (non-hydrogen) atoms. The first-order valence-corrected chi connectivity index (χ1v) is 3.69. The van der Waals surface area contributed by atoms with Crippen LogP contribution < -0.4 is 17.2 Å². The van der Waals surface area contributed by atoms with Gasteiger partial charge in [0, 0.05) is 5.54 Å². The SMILES string of the molecule is CC(C)(C)n1c(=O)[nH]c(=O)oc1=O. The highest BCUT2D eigenvalue weighted by atomic mass is 16.5. The van der Waals surface area contributed by atoms with E-state index >= 15 is 0 Å². The number of nitrogens with zero attached hydrogens (tertiary/aromatic N) is 1. The minimum absolute atomic E-state index is 0.706. The van der Waals surface area contributed by atoms with Crippen molar-refractivity contribution in [2.75, 3.05) is 0 Å². The van der Waals surface area contributed by atoms with Crippen molar-refractivity contribution in [3.8, 4) is 0 Å². The number of H-pyrrole nitrogens is 1. The van der Waals surface area contributed by atoms with Crippen molar-refractivity contribution < 1.29 is 4.42 Å². The normalized spacial score (nSPS) is 11.6. The minimum atomic E-state index is -1.03. The summed E-state index contributed by atoms with van der Waals surface area (Å²) in [6.07, 6.45) is 0. The van der Waals surface area contributed by atoms with E-state index in [0.717, 1.165) is 4.57 Å². The Kier molecular flexibility index (Phi) is 1.99. The largest absolute Gasteiger partial charge is 0.427 e. The van der Waals surface area contributed by atoms with Crippen molar-refractivity contribution in [2.45, 2.75) is 26.3 Å². The van der Waals surface area contributed by atoms with Gasteiger partial charge in [-0.15, -0.1) is 0 Å². The third-order valence-corrected chi connectivity index (χ3v) is 1.45. The van der Waals surface area contributed by atoms with Gasteiger partial charge in [0.1, 0.15) is 0 Å². The molecule has 0 aromatic carbocycles. The molecular formula is C7H10N2O4. The molecule has 1 heterocycles. The Balaban J connectivity index is 3.67. The molecule has 1 N–H and O–H groups in total. The van der Waals surface area contributed by atoms with E-state index in [1.165, 1.54) is 0 Å². The first-order valence-electron chi connectivity index (χ1n) is 3.69. The first-order chi connectivity index (χ1) is 5.82. The van der Waals surface area contributed by atoms with Crippen LogP contribution in [0.2, 0.25) is 0 Å². The molecule has 0 unspecified atom stereocenters. The molecule has 6 nitrogen and oxygen atoms in total. The predicted molar refractivity (Wildman–Crippen MR) is 44.9 cm³/mol. The quantitative estimate of drug-likeness (QED) is 0.577. The maximum atomic E-state index is 11.2. The van der Waals surface area contributed by atoms with Gasteiger partial charge in [0.25, 0.3) is 0 Å². The monoisotopic (exact) mass is 186 g/mol. The molecule has 0 amide bonds. The topological polar surface area (TPSA) is 85.1 Å². The smallest absolute Gasteiger partial charge is 0.359 e. The number of hydrogen-bond acceptors (Lipinski definition) is 4. The molecule has 6 heteroatoms. The van der Waals surface area contributed by atoms with Crippen molar-refractivity contribution in [2.24, 2.45) is 0 Å². The van der Waals surface area contributed by atoms with E-state index in [4.69, 9.17) is 0 Å². The standard InChI is InChI=1S/C7H10N2O4/c1-7(2,3)9-4(10)8-5(11)13-6(9)12/h1-3H3,(H,8,10,11). The summed E-state index contributed by atoms with van der Waals surface area (Å²) in [4.78, 5) is 34.7. The second-order valence-electron chi connectivity index (χ2n) is 3.59. The van der Waals surface area contributed by atoms with Crippen molar-refractivity contribution in [1.82, 2.24) is 9.55 Å². The van der Waals surface area contributed by atoms with Gasteiger partial charge in [0.05, 0.1) is 0 Å². The van der Waals surface area contributed by atoms with E-state index < -0.39 is 22.7 Å². The van der Waals surface area contributed by atoms with Gasteiger partial charge in [0.2, 0.25) is 0 Å². The number of nitrogens with one attached hydrogen (secondary N) is 1. The lowest BCUT2D eigenvalue weighted by Gasteiger charge is -2.18. The van der Waals surface area contributed by atoms with Gasteiger partial charge >= 0.3 is 17.2 Å². The maximum Gasteiger partial charge on any atom is 0.427 e. The third-order valence-electron chi connectivity index (χ3n) is 1.45. The summed E-state index contributed by atoms with van der Waals surface area (Å²) >= 11 is 0. The lowest BCUT2D eigenvalue weighted by molar-refractivity contribution is 0.281. The zero-order chi connectivity index (χ0) is 10.2. The average Bonchev–Trinajstić information content (AvgIpc) is 1.78. The van der Waals surface area contributed by atoms with Gasteiger partial charge in [0.15, 0.2) is 0 Å². The van der Waals surface area contributed by atoms with E-state index in [1.807, 2.05) is 4.98 Å². The van der Waals surface area contributed by atoms with Crippen LogP contribution >= 0.6 is 0 Å². The maximum absolute atomic E-state index is 11.2. The molecular weight excluding hydrogens is 176 g/mol. The van der Waals surface area contributed by atoms with Gasteiger partial charge in [-0.05, 0) is 20.8 Å². The Bertz CT molecular complexity index is 436. The molecule has 0 saturated heterocycles. The summed E-state index contributed by atoms with van der Waals surface area (Å²) in [6.45, 7) is 4.97. The summed E-state index contributed by atoms with van der Waals surface area (Å²) in [6, 6.07) is 0. The van der Waals surface area contributed by atoms with E-state index in [9.17, 15) is 14.4 Å². The summed E-state index contributed by atoms with van der Waals surface area (Å²) in [5, 5.41) is 0. The van der Waals surface area contributed by atoms with Crippen molar-refractivity contribution in [3.05, 3.63) is 31.6 Å². The number of rotatable bonds is 0. The molecule has 1 aromatic rings. The molecule has 0 fully saturated rings. The lowest BCUT2D eigenvalue weighted by Crippen LogP contribution is -2.47. The van der Waals surface area contributed by atoms with Gasteiger partial charge in [-0.1, -0.05) is 0 Å². The fourth-order valence-corrected chi connectivity index (χ4v) is 0.955. The van der Waals surface area contributed by atoms with Crippen LogP contribution in [0.1, 0.15) is 20.8 Å². The van der Waals surface area contributed by atoms with E-state index in [2.05, 4.69) is 4.42 Å². The lowest BCUT2D eigenvalue weighted by atomic mass is 10.1. The summed E-state index contributed by atoms with van der Waals surface area (Å²) < 4.78 is 5.05. The fourth-order valence-electron chi connectivity index (χ4n) is 0.955. The van der Waals surface area contributed by atoms with Crippen LogP contribution in [0.15, 0.2) is 18.8 Å². The van der Waals surface area contributed by atoms with Gasteiger partial charge < -0.3 is 4.42 Å². The molecule has 0 aliphatic heterocycles. The molecule has 0 aliphatic carbocycles. The minimum Gasteiger partial charge on any atom is -0.359 e. The average molecular weight is 186 g/mol. The highest BCUT2D eigenvalue weighted by Gasteiger charge is 2.19. The highest BCUT2D eigenvalue weighted by Crippen LogP contribution is 2.05. The summed E-state index contributed by atoms with van der Waals surface area (Å²) in [5.41, 5.74) is -1.46. The number of aromatic amines is 1. The van der Waals surface area contributed by atoms with Crippen LogP contribution in [0.25, 0.3) is 0 Å². The Labute approximate surface area is 72.8 Å². The molecule has 0 bridgehead atoms.